The predicted molar refractivity (Wildman–Crippen MR) is 140 cm³/mol. The Morgan fingerprint density at radius 3 is 2.19 bits per heavy atom. The highest BCUT2D eigenvalue weighted by atomic mass is 16.6. The van der Waals surface area contributed by atoms with Gasteiger partial charge in [0.25, 0.3) is 5.69 Å². The van der Waals surface area contributed by atoms with Crippen LogP contribution in [0.3, 0.4) is 0 Å². The zero-order valence-corrected chi connectivity index (χ0v) is 21.0. The Hall–Kier alpha value is -3.94. The average molecular weight is 508 g/mol. The molecule has 0 bridgehead atoms. The number of carboxylic acid groups (broad SMARTS) is 1. The molecule has 0 aromatic heterocycles. The highest BCUT2D eigenvalue weighted by Gasteiger charge is 2.37. The molecule has 0 spiro atoms. The fourth-order valence-electron chi connectivity index (χ4n) is 4.17. The Kier molecular flexibility index (Phi) is 10.0. The lowest BCUT2D eigenvalue weighted by Gasteiger charge is -2.32. The number of carboxylic acids is 1. The molecular weight excluding hydrogens is 474 g/mol. The number of carbonyl (C=O) groups excluding carboxylic acids is 1. The van der Waals surface area contributed by atoms with Crippen LogP contribution in [0.1, 0.15) is 67.8 Å². The van der Waals surface area contributed by atoms with Crippen molar-refractivity contribution in [2.45, 2.75) is 57.5 Å². The van der Waals surface area contributed by atoms with Crippen molar-refractivity contribution in [1.82, 2.24) is 0 Å². The summed E-state index contributed by atoms with van der Waals surface area (Å²) in [5, 5.41) is 20.4. The van der Waals surface area contributed by atoms with Crippen LogP contribution in [0.2, 0.25) is 0 Å². The van der Waals surface area contributed by atoms with E-state index in [9.17, 15) is 24.8 Å². The zero-order valence-electron chi connectivity index (χ0n) is 21.0. The molecule has 0 saturated carbocycles. The molecular formula is C29H33NO7. The number of rotatable bonds is 14. The molecule has 1 aliphatic rings. The summed E-state index contributed by atoms with van der Waals surface area (Å²) in [5.74, 6) is -2.05. The molecule has 0 fully saturated rings. The molecule has 0 aliphatic heterocycles. The van der Waals surface area contributed by atoms with Gasteiger partial charge in [0.2, 0.25) is 0 Å². The summed E-state index contributed by atoms with van der Waals surface area (Å²) in [6, 6.07) is 12.3. The Morgan fingerprint density at radius 1 is 0.946 bits per heavy atom. The zero-order chi connectivity index (χ0) is 26.7. The smallest absolute Gasteiger partial charge is 0.339 e. The second-order valence-corrected chi connectivity index (χ2v) is 9.03. The van der Waals surface area contributed by atoms with Crippen molar-refractivity contribution in [3.63, 3.8) is 0 Å². The normalized spacial score (nSPS) is 18.4. The quantitative estimate of drug-likeness (QED) is 0.101. The standard InChI is InChI=1S/C29H33NO7/c1-2-3-4-5-6-7-10-21-36-26-12-9-8-11-25(26)29(19-17-22(18-20-29)27(31)32)37-28(33)23-13-15-24(16-14-23)30(34)35/h8-9,11-20,22H,2-7,10,21H2,1H3,(H,31,32). The summed E-state index contributed by atoms with van der Waals surface area (Å²) in [6.07, 6.45) is 14.1. The lowest BCUT2D eigenvalue weighted by Crippen LogP contribution is -2.32. The first-order valence-electron chi connectivity index (χ1n) is 12.7. The molecule has 1 N–H and O–H groups in total. The maximum Gasteiger partial charge on any atom is 0.339 e. The van der Waals surface area contributed by atoms with E-state index in [1.807, 2.05) is 6.07 Å². The van der Waals surface area contributed by atoms with Crippen LogP contribution >= 0.6 is 0 Å². The van der Waals surface area contributed by atoms with Crippen LogP contribution in [0.25, 0.3) is 0 Å². The van der Waals surface area contributed by atoms with Gasteiger partial charge in [-0.05, 0) is 36.8 Å². The number of nitrogens with zero attached hydrogens (tertiary/aromatic N) is 1. The van der Waals surface area contributed by atoms with Crippen LogP contribution in [0.15, 0.2) is 72.8 Å². The number of hydrogen-bond acceptors (Lipinski definition) is 6. The molecule has 196 valence electrons. The van der Waals surface area contributed by atoms with E-state index in [-0.39, 0.29) is 11.3 Å². The topological polar surface area (TPSA) is 116 Å². The summed E-state index contributed by atoms with van der Waals surface area (Å²) < 4.78 is 12.0. The number of nitro groups is 1. The van der Waals surface area contributed by atoms with E-state index in [0.717, 1.165) is 19.3 Å². The van der Waals surface area contributed by atoms with Crippen LogP contribution < -0.4 is 4.74 Å². The largest absolute Gasteiger partial charge is 0.493 e. The molecule has 37 heavy (non-hydrogen) atoms. The third-order valence-electron chi connectivity index (χ3n) is 6.28. The minimum atomic E-state index is -1.40. The SMILES string of the molecule is CCCCCCCCCOc1ccccc1C1(OC(=O)c2ccc([N+](=O)[O-])cc2)C=CC(C(=O)O)C=C1. The second-order valence-electron chi connectivity index (χ2n) is 9.03. The molecule has 0 amide bonds. The first kappa shape index (κ1) is 27.6. The molecule has 0 atom stereocenters. The molecule has 3 rings (SSSR count). The van der Waals surface area contributed by atoms with Gasteiger partial charge in [-0.15, -0.1) is 0 Å². The van der Waals surface area contributed by atoms with Crippen molar-refractivity contribution in [2.75, 3.05) is 6.61 Å². The third-order valence-corrected chi connectivity index (χ3v) is 6.28. The summed E-state index contributed by atoms with van der Waals surface area (Å²) in [4.78, 5) is 35.0. The minimum absolute atomic E-state index is 0.133. The lowest BCUT2D eigenvalue weighted by molar-refractivity contribution is -0.384. The van der Waals surface area contributed by atoms with E-state index in [2.05, 4.69) is 6.92 Å². The predicted octanol–water partition coefficient (Wildman–Crippen LogP) is 6.60. The number of ether oxygens (including phenoxy) is 2. The number of nitro benzene ring substituents is 1. The maximum absolute atomic E-state index is 13.1. The highest BCUT2D eigenvalue weighted by Crippen LogP contribution is 2.39. The first-order chi connectivity index (χ1) is 17.9. The van der Waals surface area contributed by atoms with Crippen LogP contribution in [0.5, 0.6) is 5.75 Å². The van der Waals surface area contributed by atoms with Gasteiger partial charge in [0.05, 0.1) is 23.0 Å². The molecule has 1 aliphatic carbocycles. The number of hydrogen-bond donors (Lipinski definition) is 1. The number of para-hydroxylation sites is 1. The number of carbonyl (C=O) groups is 2. The van der Waals surface area contributed by atoms with Gasteiger partial charge in [0, 0.05) is 17.7 Å². The van der Waals surface area contributed by atoms with E-state index in [1.165, 1.54) is 62.1 Å². The van der Waals surface area contributed by atoms with Crippen molar-refractivity contribution in [1.29, 1.82) is 0 Å². The van der Waals surface area contributed by atoms with Crippen molar-refractivity contribution < 1.29 is 29.1 Å². The summed E-state index contributed by atoms with van der Waals surface area (Å²) in [6.45, 7) is 2.70. The Labute approximate surface area is 216 Å². The van der Waals surface area contributed by atoms with Gasteiger partial charge >= 0.3 is 11.9 Å². The fourth-order valence-corrected chi connectivity index (χ4v) is 4.17. The Balaban J connectivity index is 1.79. The third kappa shape index (κ3) is 7.52. The van der Waals surface area contributed by atoms with E-state index < -0.39 is 28.4 Å². The van der Waals surface area contributed by atoms with E-state index >= 15 is 0 Å². The fraction of sp³-hybridized carbons (Fsp3) is 0.379. The van der Waals surface area contributed by atoms with Gasteiger partial charge in [-0.3, -0.25) is 14.9 Å². The van der Waals surface area contributed by atoms with E-state index in [0.29, 0.717) is 17.9 Å². The van der Waals surface area contributed by atoms with Crippen LogP contribution in [-0.2, 0) is 15.1 Å². The number of non-ortho nitro benzene ring substituents is 1. The minimum Gasteiger partial charge on any atom is -0.493 e. The van der Waals surface area contributed by atoms with Crippen molar-refractivity contribution in [2.24, 2.45) is 5.92 Å². The molecule has 0 unspecified atom stereocenters. The van der Waals surface area contributed by atoms with Gasteiger partial charge in [-0.25, -0.2) is 4.79 Å². The number of esters is 1. The molecule has 8 heteroatoms. The Bertz CT molecular complexity index is 1120. The number of aliphatic carboxylic acids is 1. The molecule has 0 radical (unpaired) electrons. The Morgan fingerprint density at radius 2 is 1.57 bits per heavy atom. The molecule has 0 saturated heterocycles. The second kappa shape index (κ2) is 13.4. The first-order valence-corrected chi connectivity index (χ1v) is 12.7. The van der Waals surface area contributed by atoms with Crippen LogP contribution in [0.4, 0.5) is 5.69 Å². The van der Waals surface area contributed by atoms with Gasteiger partial charge in [-0.1, -0.05) is 75.8 Å². The molecule has 2 aromatic carbocycles. The molecule has 2 aromatic rings. The van der Waals surface area contributed by atoms with E-state index in [1.54, 1.807) is 30.4 Å². The molecule has 0 heterocycles. The lowest BCUT2D eigenvalue weighted by atomic mass is 9.85. The van der Waals surface area contributed by atoms with E-state index in [4.69, 9.17) is 9.47 Å². The van der Waals surface area contributed by atoms with Crippen molar-refractivity contribution in [3.05, 3.63) is 94.1 Å². The van der Waals surface area contributed by atoms with Gasteiger partial charge in [0.1, 0.15) is 5.75 Å². The van der Waals surface area contributed by atoms with Gasteiger partial charge < -0.3 is 14.6 Å². The van der Waals surface area contributed by atoms with Gasteiger partial charge in [-0.2, -0.15) is 0 Å². The van der Waals surface area contributed by atoms with Crippen LogP contribution in [-0.4, -0.2) is 28.6 Å². The highest BCUT2D eigenvalue weighted by molar-refractivity contribution is 5.90. The average Bonchev–Trinajstić information content (AvgIpc) is 2.90. The number of benzene rings is 2. The number of unbranched alkanes of at least 4 members (excludes halogenated alkanes) is 6. The summed E-state index contributed by atoms with van der Waals surface area (Å²) >= 11 is 0. The van der Waals surface area contributed by atoms with Gasteiger partial charge in [0.15, 0.2) is 5.60 Å². The summed E-state index contributed by atoms with van der Waals surface area (Å²) in [7, 11) is 0. The summed E-state index contributed by atoms with van der Waals surface area (Å²) in [5.41, 5.74) is -0.850. The monoisotopic (exact) mass is 507 g/mol. The maximum atomic E-state index is 13.1. The van der Waals surface area contributed by atoms with Crippen molar-refractivity contribution >= 4 is 17.6 Å². The van der Waals surface area contributed by atoms with Crippen LogP contribution in [0, 0.1) is 16.0 Å². The van der Waals surface area contributed by atoms with Crippen molar-refractivity contribution in [3.8, 4) is 5.75 Å². The molecule has 8 nitrogen and oxygen atoms in total.